The Hall–Kier alpha value is -2.11. The molecule has 0 aromatic heterocycles. The molecule has 9 heteroatoms. The third-order valence-corrected chi connectivity index (χ3v) is 1.45. The van der Waals surface area contributed by atoms with Crippen LogP contribution in [0.1, 0.15) is 20.8 Å². The molecule has 17 heavy (non-hydrogen) atoms. The van der Waals surface area contributed by atoms with E-state index in [2.05, 4.69) is 25.4 Å². The van der Waals surface area contributed by atoms with Crippen molar-refractivity contribution in [2.24, 2.45) is 10.2 Å². The van der Waals surface area contributed by atoms with Crippen molar-refractivity contribution in [2.75, 3.05) is 13.1 Å². The van der Waals surface area contributed by atoms with E-state index in [-0.39, 0.29) is 13.1 Å². The van der Waals surface area contributed by atoms with Gasteiger partial charge >= 0.3 is 6.09 Å². The van der Waals surface area contributed by atoms with Gasteiger partial charge in [0.15, 0.2) is 0 Å². The van der Waals surface area contributed by atoms with Gasteiger partial charge < -0.3 is 10.1 Å². The summed E-state index contributed by atoms with van der Waals surface area (Å²) in [6.45, 7) is 5.16. The van der Waals surface area contributed by atoms with Crippen LogP contribution in [0, 0.1) is 0 Å². The van der Waals surface area contributed by atoms with Crippen molar-refractivity contribution in [3.05, 3.63) is 20.9 Å². The molecule has 1 N–H and O–H groups in total. The Morgan fingerprint density at radius 1 is 1.29 bits per heavy atom. The second-order valence-corrected chi connectivity index (χ2v) is 4.17. The summed E-state index contributed by atoms with van der Waals surface area (Å²) in [6, 6.07) is -0.573. The minimum Gasteiger partial charge on any atom is -0.444 e. The number of alkyl carbamates (subject to hydrolysis) is 1. The maximum Gasteiger partial charge on any atom is 0.407 e. The molecule has 0 aromatic rings. The fraction of sp³-hybridized carbons (Fsp3) is 0.875. The highest BCUT2D eigenvalue weighted by Crippen LogP contribution is 2.06. The topological polar surface area (TPSA) is 136 Å². The van der Waals surface area contributed by atoms with Crippen molar-refractivity contribution < 1.29 is 9.53 Å². The smallest absolute Gasteiger partial charge is 0.407 e. The number of hydrogen-bond acceptors (Lipinski definition) is 4. The lowest BCUT2D eigenvalue weighted by atomic mass is 10.2. The van der Waals surface area contributed by atoms with E-state index in [4.69, 9.17) is 15.8 Å². The molecule has 0 rings (SSSR count). The molecule has 94 valence electrons. The Morgan fingerprint density at radius 2 is 1.76 bits per heavy atom. The molecule has 0 fully saturated rings. The fourth-order valence-corrected chi connectivity index (χ4v) is 0.893. The number of amides is 1. The van der Waals surface area contributed by atoms with E-state index in [1.54, 1.807) is 20.8 Å². The monoisotopic (exact) mass is 241 g/mol. The molecule has 0 saturated heterocycles. The fourth-order valence-electron chi connectivity index (χ4n) is 0.893. The Kier molecular flexibility index (Phi) is 6.32. The van der Waals surface area contributed by atoms with Gasteiger partial charge in [-0.05, 0) is 31.8 Å². The van der Waals surface area contributed by atoms with Gasteiger partial charge in [0.25, 0.3) is 0 Å². The third-order valence-electron chi connectivity index (χ3n) is 1.45. The lowest BCUT2D eigenvalue weighted by molar-refractivity contribution is 0.0508. The molecule has 0 radical (unpaired) electrons. The van der Waals surface area contributed by atoms with E-state index in [1.165, 1.54) is 0 Å². The van der Waals surface area contributed by atoms with Gasteiger partial charge in [0, 0.05) is 29.0 Å². The van der Waals surface area contributed by atoms with E-state index >= 15 is 0 Å². The normalized spacial score (nSPS) is 11.7. The van der Waals surface area contributed by atoms with Gasteiger partial charge in [-0.25, -0.2) is 4.79 Å². The van der Waals surface area contributed by atoms with Crippen LogP contribution in [0.3, 0.4) is 0 Å². The maximum absolute atomic E-state index is 11.4. The van der Waals surface area contributed by atoms with E-state index in [9.17, 15) is 4.79 Å². The van der Waals surface area contributed by atoms with Crippen LogP contribution < -0.4 is 5.32 Å². The standard InChI is InChI=1S/C8H15N7O2/c1-8(2,3)17-7(16)13-6(4-11-14-9)5-12-15-10/h6H,4-5H2,1-3H3,(H,13,16). The SMILES string of the molecule is CC(C)(C)OC(=O)NC(CN=[N+]=[N-])CN=[N+]=[N-]. The lowest BCUT2D eigenvalue weighted by Gasteiger charge is -2.22. The highest BCUT2D eigenvalue weighted by molar-refractivity contribution is 5.68. The predicted octanol–water partition coefficient (Wildman–Crippen LogP) is 2.50. The van der Waals surface area contributed by atoms with Crippen LogP contribution >= 0.6 is 0 Å². The van der Waals surface area contributed by atoms with E-state index < -0.39 is 17.7 Å². The highest BCUT2D eigenvalue weighted by Gasteiger charge is 2.18. The first-order valence-electron chi connectivity index (χ1n) is 4.90. The number of carbonyl (C=O) groups excluding carboxylic acids is 1. The maximum atomic E-state index is 11.4. The molecule has 9 nitrogen and oxygen atoms in total. The Morgan fingerprint density at radius 3 is 2.12 bits per heavy atom. The molecule has 0 heterocycles. The van der Waals surface area contributed by atoms with Gasteiger partial charge in [-0.15, -0.1) is 0 Å². The molecule has 0 unspecified atom stereocenters. The van der Waals surface area contributed by atoms with Crippen LogP contribution in [0.15, 0.2) is 10.2 Å². The zero-order valence-corrected chi connectivity index (χ0v) is 9.99. The second-order valence-electron chi connectivity index (χ2n) is 4.17. The Labute approximate surface area is 98.4 Å². The number of nitrogens with zero attached hydrogens (tertiary/aromatic N) is 6. The van der Waals surface area contributed by atoms with Gasteiger partial charge in [0.2, 0.25) is 0 Å². The van der Waals surface area contributed by atoms with Gasteiger partial charge in [0.1, 0.15) is 5.60 Å². The first kappa shape index (κ1) is 14.9. The summed E-state index contributed by atoms with van der Waals surface area (Å²) in [5.41, 5.74) is 15.7. The van der Waals surface area contributed by atoms with Crippen LogP contribution in [-0.4, -0.2) is 30.8 Å². The average Bonchev–Trinajstić information content (AvgIpc) is 2.19. The van der Waals surface area contributed by atoms with Crippen LogP contribution in [0.5, 0.6) is 0 Å². The molecular formula is C8H15N7O2. The van der Waals surface area contributed by atoms with E-state index in [0.717, 1.165) is 0 Å². The minimum absolute atomic E-state index is 0.00520. The largest absolute Gasteiger partial charge is 0.444 e. The number of ether oxygens (including phenoxy) is 1. The first-order chi connectivity index (χ1) is 7.89. The zero-order valence-electron chi connectivity index (χ0n) is 9.99. The van der Waals surface area contributed by atoms with Crippen molar-refractivity contribution in [1.82, 2.24) is 5.32 Å². The van der Waals surface area contributed by atoms with E-state index in [0.29, 0.717) is 0 Å². The molecule has 0 bridgehead atoms. The van der Waals surface area contributed by atoms with Crippen molar-refractivity contribution in [1.29, 1.82) is 0 Å². The third kappa shape index (κ3) is 8.86. The minimum atomic E-state index is -0.649. The molecule has 1 amide bonds. The summed E-state index contributed by atoms with van der Waals surface area (Å²) < 4.78 is 5.01. The van der Waals surface area contributed by atoms with Crippen molar-refractivity contribution >= 4 is 6.09 Å². The number of rotatable bonds is 5. The van der Waals surface area contributed by atoms with Crippen molar-refractivity contribution in [3.8, 4) is 0 Å². The number of azide groups is 2. The zero-order chi connectivity index (χ0) is 13.3. The molecule has 0 aliphatic heterocycles. The number of carbonyl (C=O) groups is 1. The second kappa shape index (κ2) is 7.21. The number of hydrogen-bond donors (Lipinski definition) is 1. The molecular weight excluding hydrogens is 226 g/mol. The van der Waals surface area contributed by atoms with Crippen LogP contribution in [0.25, 0.3) is 20.9 Å². The van der Waals surface area contributed by atoms with Crippen molar-refractivity contribution in [3.63, 3.8) is 0 Å². The summed E-state index contributed by atoms with van der Waals surface area (Å²) in [7, 11) is 0. The molecule has 0 aliphatic carbocycles. The van der Waals surface area contributed by atoms with Gasteiger partial charge in [-0.3, -0.25) is 0 Å². The highest BCUT2D eigenvalue weighted by atomic mass is 16.6. The quantitative estimate of drug-likeness (QED) is 0.449. The molecule has 0 aromatic carbocycles. The van der Waals surface area contributed by atoms with Crippen LogP contribution in [-0.2, 0) is 4.74 Å². The summed E-state index contributed by atoms with van der Waals surface area (Å²) in [5, 5.41) is 9.06. The van der Waals surface area contributed by atoms with Gasteiger partial charge in [-0.2, -0.15) is 0 Å². The average molecular weight is 241 g/mol. The molecule has 0 atom stereocenters. The molecule has 0 saturated carbocycles. The summed E-state index contributed by atoms with van der Waals surface area (Å²) in [5.74, 6) is 0. The summed E-state index contributed by atoms with van der Waals surface area (Å²) >= 11 is 0. The lowest BCUT2D eigenvalue weighted by Crippen LogP contribution is -2.42. The molecule has 0 spiro atoms. The summed E-state index contributed by atoms with van der Waals surface area (Å²) in [6.07, 6.45) is -0.649. The first-order valence-corrected chi connectivity index (χ1v) is 4.90. The Bertz CT molecular complexity index is 329. The van der Waals surface area contributed by atoms with E-state index in [1.807, 2.05) is 0 Å². The Balaban J connectivity index is 4.35. The number of nitrogens with one attached hydrogen (secondary N) is 1. The van der Waals surface area contributed by atoms with Gasteiger partial charge in [0.05, 0.1) is 0 Å². The predicted molar refractivity (Wildman–Crippen MR) is 61.2 cm³/mol. The van der Waals surface area contributed by atoms with Crippen LogP contribution in [0.4, 0.5) is 4.79 Å². The van der Waals surface area contributed by atoms with Crippen molar-refractivity contribution in [2.45, 2.75) is 32.4 Å². The van der Waals surface area contributed by atoms with Crippen LogP contribution in [0.2, 0.25) is 0 Å². The molecule has 0 aliphatic rings. The van der Waals surface area contributed by atoms with Gasteiger partial charge in [-0.1, -0.05) is 10.2 Å². The summed E-state index contributed by atoms with van der Waals surface area (Å²) in [4.78, 5) is 16.5.